The number of aliphatic hydroxyl groups excluding tert-OH is 2. The second kappa shape index (κ2) is 6.19. The number of hydrogen-bond acceptors (Lipinski definition) is 6. The largest absolute Gasteiger partial charge is 0.469 e. The number of rotatable bonds is 5. The molecular weight excluding hydrogens is 224 g/mol. The van der Waals surface area contributed by atoms with Gasteiger partial charge in [-0.2, -0.15) is 0 Å². The highest BCUT2D eigenvalue weighted by Crippen LogP contribution is 2.25. The van der Waals surface area contributed by atoms with Gasteiger partial charge in [-0.15, -0.1) is 0 Å². The molecule has 1 aromatic rings. The minimum atomic E-state index is -1.24. The third-order valence-corrected chi connectivity index (χ3v) is 2.40. The van der Waals surface area contributed by atoms with Crippen LogP contribution in [0.3, 0.4) is 0 Å². The first-order valence-corrected chi connectivity index (χ1v) is 5.08. The van der Waals surface area contributed by atoms with E-state index in [0.29, 0.717) is 11.3 Å². The third kappa shape index (κ3) is 3.42. The molecule has 1 rings (SSSR count). The number of ether oxygens (including phenoxy) is 1. The number of methoxy groups -OCH3 is 1. The van der Waals surface area contributed by atoms with Gasteiger partial charge in [0, 0.05) is 5.56 Å². The number of para-hydroxylation sites is 1. The topological polar surface area (TPSA) is 105 Å². The number of carbonyl (C=O) groups is 1. The number of benzene rings is 1. The van der Waals surface area contributed by atoms with E-state index in [4.69, 9.17) is 5.84 Å². The quantitative estimate of drug-likeness (QED) is 0.326. The summed E-state index contributed by atoms with van der Waals surface area (Å²) in [4.78, 5) is 11.0. The fourth-order valence-electron chi connectivity index (χ4n) is 1.46. The Bertz CT molecular complexity index is 383. The van der Waals surface area contributed by atoms with Gasteiger partial charge in [0.15, 0.2) is 0 Å². The monoisotopic (exact) mass is 240 g/mol. The van der Waals surface area contributed by atoms with Crippen LogP contribution < -0.4 is 11.3 Å². The summed E-state index contributed by atoms with van der Waals surface area (Å²) in [5.41, 5.74) is 3.32. The van der Waals surface area contributed by atoms with E-state index in [0.717, 1.165) is 0 Å². The van der Waals surface area contributed by atoms with Crippen molar-refractivity contribution in [1.82, 2.24) is 0 Å². The van der Waals surface area contributed by atoms with Crippen molar-refractivity contribution in [2.24, 2.45) is 5.84 Å². The molecule has 0 saturated heterocycles. The van der Waals surface area contributed by atoms with E-state index in [9.17, 15) is 15.0 Å². The van der Waals surface area contributed by atoms with Crippen LogP contribution in [0, 0.1) is 0 Å². The van der Waals surface area contributed by atoms with E-state index in [1.54, 1.807) is 24.3 Å². The molecule has 5 N–H and O–H groups in total. The van der Waals surface area contributed by atoms with Gasteiger partial charge < -0.3 is 20.4 Å². The van der Waals surface area contributed by atoms with Crippen LogP contribution in [0.1, 0.15) is 18.1 Å². The SMILES string of the molecule is COC(=O)CC(O)C(O)c1ccccc1NN. The summed E-state index contributed by atoms with van der Waals surface area (Å²) in [7, 11) is 1.22. The Kier molecular flexibility index (Phi) is 4.89. The summed E-state index contributed by atoms with van der Waals surface area (Å²) in [6.07, 6.45) is -2.73. The van der Waals surface area contributed by atoms with Gasteiger partial charge in [0.2, 0.25) is 0 Å². The molecule has 0 saturated carbocycles. The van der Waals surface area contributed by atoms with Crippen LogP contribution in [0.2, 0.25) is 0 Å². The first kappa shape index (κ1) is 13.4. The van der Waals surface area contributed by atoms with Crippen LogP contribution in [-0.4, -0.2) is 29.4 Å². The Balaban J connectivity index is 2.80. The van der Waals surface area contributed by atoms with Gasteiger partial charge in [-0.25, -0.2) is 0 Å². The van der Waals surface area contributed by atoms with Crippen LogP contribution in [-0.2, 0) is 9.53 Å². The second-order valence-electron chi connectivity index (χ2n) is 3.52. The number of esters is 1. The first-order valence-electron chi connectivity index (χ1n) is 5.08. The molecule has 0 aliphatic carbocycles. The van der Waals surface area contributed by atoms with Gasteiger partial charge in [0.05, 0.1) is 25.3 Å². The van der Waals surface area contributed by atoms with Gasteiger partial charge in [-0.05, 0) is 6.07 Å². The molecule has 0 aliphatic rings. The second-order valence-corrected chi connectivity index (χ2v) is 3.52. The van der Waals surface area contributed by atoms with Crippen LogP contribution in [0.5, 0.6) is 0 Å². The van der Waals surface area contributed by atoms with E-state index < -0.39 is 18.2 Å². The molecule has 2 unspecified atom stereocenters. The maximum atomic E-state index is 11.0. The van der Waals surface area contributed by atoms with Crippen molar-refractivity contribution in [3.63, 3.8) is 0 Å². The third-order valence-electron chi connectivity index (χ3n) is 2.40. The number of nitrogens with two attached hydrogens (primary N) is 1. The molecule has 1 aromatic carbocycles. The number of hydrogen-bond donors (Lipinski definition) is 4. The van der Waals surface area contributed by atoms with Crippen LogP contribution in [0.4, 0.5) is 5.69 Å². The summed E-state index contributed by atoms with van der Waals surface area (Å²) in [5, 5.41) is 19.6. The van der Waals surface area contributed by atoms with Crippen molar-refractivity contribution in [3.8, 4) is 0 Å². The molecule has 0 aliphatic heterocycles. The molecule has 0 fully saturated rings. The smallest absolute Gasteiger partial charge is 0.308 e. The normalized spacial score (nSPS) is 13.9. The molecule has 0 spiro atoms. The minimum Gasteiger partial charge on any atom is -0.469 e. The number of nitrogen functional groups attached to an aromatic ring is 1. The van der Waals surface area contributed by atoms with E-state index >= 15 is 0 Å². The maximum Gasteiger partial charge on any atom is 0.308 e. The van der Waals surface area contributed by atoms with Crippen molar-refractivity contribution >= 4 is 11.7 Å². The number of anilines is 1. The van der Waals surface area contributed by atoms with Crippen molar-refractivity contribution in [2.75, 3.05) is 12.5 Å². The summed E-state index contributed by atoms with van der Waals surface area (Å²) < 4.78 is 4.41. The average Bonchev–Trinajstić information content (AvgIpc) is 2.37. The number of hydrazine groups is 1. The molecule has 0 amide bonds. The molecule has 6 heteroatoms. The van der Waals surface area contributed by atoms with Crippen molar-refractivity contribution in [2.45, 2.75) is 18.6 Å². The fraction of sp³-hybridized carbons (Fsp3) is 0.364. The van der Waals surface area contributed by atoms with Gasteiger partial charge in [-0.3, -0.25) is 10.6 Å². The lowest BCUT2D eigenvalue weighted by molar-refractivity contribution is -0.144. The Hall–Kier alpha value is -1.63. The van der Waals surface area contributed by atoms with Crippen LogP contribution in [0.25, 0.3) is 0 Å². The van der Waals surface area contributed by atoms with Gasteiger partial charge in [-0.1, -0.05) is 18.2 Å². The molecular formula is C11H16N2O4. The number of carbonyl (C=O) groups excluding carboxylic acids is 1. The summed E-state index contributed by atoms with van der Waals surface area (Å²) in [6.45, 7) is 0. The summed E-state index contributed by atoms with van der Waals surface area (Å²) in [5.74, 6) is 4.69. The van der Waals surface area contributed by atoms with Crippen LogP contribution in [0.15, 0.2) is 24.3 Å². The molecule has 0 heterocycles. The highest BCUT2D eigenvalue weighted by molar-refractivity contribution is 5.70. The predicted molar refractivity (Wildman–Crippen MR) is 61.9 cm³/mol. The minimum absolute atomic E-state index is 0.281. The van der Waals surface area contributed by atoms with E-state index in [-0.39, 0.29) is 6.42 Å². The molecule has 0 radical (unpaired) electrons. The molecule has 0 bridgehead atoms. The highest BCUT2D eigenvalue weighted by atomic mass is 16.5. The molecule has 2 atom stereocenters. The van der Waals surface area contributed by atoms with Gasteiger partial charge >= 0.3 is 5.97 Å². The zero-order chi connectivity index (χ0) is 12.8. The van der Waals surface area contributed by atoms with Crippen molar-refractivity contribution in [3.05, 3.63) is 29.8 Å². The van der Waals surface area contributed by atoms with Gasteiger partial charge in [0.25, 0.3) is 0 Å². The Morgan fingerprint density at radius 1 is 1.47 bits per heavy atom. The Morgan fingerprint density at radius 2 is 2.12 bits per heavy atom. The lowest BCUT2D eigenvalue weighted by Crippen LogP contribution is -2.24. The fourth-order valence-corrected chi connectivity index (χ4v) is 1.46. The molecule has 6 nitrogen and oxygen atoms in total. The maximum absolute atomic E-state index is 11.0. The summed E-state index contributed by atoms with van der Waals surface area (Å²) in [6, 6.07) is 6.70. The number of aliphatic hydroxyl groups is 2. The first-order chi connectivity index (χ1) is 8.10. The standard InChI is InChI=1S/C11H16N2O4/c1-17-10(15)6-9(14)11(16)7-4-2-3-5-8(7)13-12/h2-5,9,11,13-14,16H,6,12H2,1H3. The van der Waals surface area contributed by atoms with Crippen molar-refractivity contribution < 1.29 is 19.7 Å². The number of nitrogens with one attached hydrogen (secondary N) is 1. The zero-order valence-electron chi connectivity index (χ0n) is 9.46. The predicted octanol–water partition coefficient (Wildman–Crippen LogP) is -0.0704. The Morgan fingerprint density at radius 3 is 2.71 bits per heavy atom. The lowest BCUT2D eigenvalue weighted by Gasteiger charge is -2.19. The lowest BCUT2D eigenvalue weighted by atomic mass is 10.0. The van der Waals surface area contributed by atoms with Crippen LogP contribution >= 0.6 is 0 Å². The molecule has 0 aromatic heterocycles. The highest BCUT2D eigenvalue weighted by Gasteiger charge is 2.23. The van der Waals surface area contributed by atoms with Gasteiger partial charge in [0.1, 0.15) is 6.10 Å². The van der Waals surface area contributed by atoms with E-state index in [1.807, 2.05) is 0 Å². The molecule has 94 valence electrons. The Labute approximate surface area is 99.0 Å². The van der Waals surface area contributed by atoms with E-state index in [1.165, 1.54) is 7.11 Å². The summed E-state index contributed by atoms with van der Waals surface area (Å²) >= 11 is 0. The average molecular weight is 240 g/mol. The van der Waals surface area contributed by atoms with Crippen molar-refractivity contribution in [1.29, 1.82) is 0 Å². The zero-order valence-corrected chi connectivity index (χ0v) is 9.46. The van der Waals surface area contributed by atoms with E-state index in [2.05, 4.69) is 10.2 Å². The molecule has 17 heavy (non-hydrogen) atoms.